The van der Waals surface area contributed by atoms with Gasteiger partial charge < -0.3 is 9.88 Å². The highest BCUT2D eigenvalue weighted by atomic mass is 32.2. The summed E-state index contributed by atoms with van der Waals surface area (Å²) in [7, 11) is 0. The van der Waals surface area contributed by atoms with Crippen LogP contribution in [0.5, 0.6) is 0 Å². The second kappa shape index (κ2) is 5.66. The highest BCUT2D eigenvalue weighted by Gasteiger charge is 2.27. The maximum Gasteiger partial charge on any atom is 0.0951 e. The summed E-state index contributed by atoms with van der Waals surface area (Å²) >= 11 is 2.03. The van der Waals surface area contributed by atoms with Crippen LogP contribution >= 0.6 is 11.8 Å². The molecular formula is C14H23N3S. The Morgan fingerprint density at radius 1 is 1.33 bits per heavy atom. The van der Waals surface area contributed by atoms with E-state index in [0.29, 0.717) is 6.04 Å². The van der Waals surface area contributed by atoms with Gasteiger partial charge in [-0.15, -0.1) is 0 Å². The topological polar surface area (TPSA) is 29.9 Å². The van der Waals surface area contributed by atoms with E-state index in [1.807, 2.05) is 24.3 Å². The zero-order chi connectivity index (χ0) is 12.4. The average molecular weight is 265 g/mol. The van der Waals surface area contributed by atoms with Crippen molar-refractivity contribution >= 4 is 11.8 Å². The SMILES string of the molecule is CSC1CCCCC1NCc1cncn1C1CC1. The fraction of sp³-hybridized carbons (Fsp3) is 0.786. The third kappa shape index (κ3) is 2.75. The van der Waals surface area contributed by atoms with Crippen molar-refractivity contribution < 1.29 is 0 Å². The summed E-state index contributed by atoms with van der Waals surface area (Å²) in [4.78, 5) is 4.30. The number of aromatic nitrogens is 2. The monoisotopic (exact) mass is 265 g/mol. The molecule has 0 amide bonds. The predicted molar refractivity (Wildman–Crippen MR) is 76.9 cm³/mol. The van der Waals surface area contributed by atoms with Crippen LogP contribution in [0.2, 0.25) is 0 Å². The predicted octanol–water partition coefficient (Wildman–Crippen LogP) is 2.98. The van der Waals surface area contributed by atoms with Gasteiger partial charge >= 0.3 is 0 Å². The average Bonchev–Trinajstić information content (AvgIpc) is 3.16. The van der Waals surface area contributed by atoms with E-state index < -0.39 is 0 Å². The smallest absolute Gasteiger partial charge is 0.0951 e. The molecule has 1 aromatic heterocycles. The van der Waals surface area contributed by atoms with Crippen molar-refractivity contribution in [1.82, 2.24) is 14.9 Å². The van der Waals surface area contributed by atoms with Crippen LogP contribution in [-0.4, -0.2) is 27.1 Å². The maximum absolute atomic E-state index is 4.30. The molecule has 3 rings (SSSR count). The molecule has 2 aliphatic rings. The summed E-state index contributed by atoms with van der Waals surface area (Å²) in [5.41, 5.74) is 1.36. The molecule has 2 atom stereocenters. The van der Waals surface area contributed by atoms with Crippen molar-refractivity contribution in [2.24, 2.45) is 0 Å². The molecule has 1 aromatic rings. The molecule has 2 aliphatic carbocycles. The number of hydrogen-bond acceptors (Lipinski definition) is 3. The van der Waals surface area contributed by atoms with Crippen molar-refractivity contribution in [3.8, 4) is 0 Å². The van der Waals surface area contributed by atoms with E-state index in [2.05, 4.69) is 21.1 Å². The quantitative estimate of drug-likeness (QED) is 0.887. The first-order chi connectivity index (χ1) is 8.88. The molecule has 18 heavy (non-hydrogen) atoms. The third-order valence-corrected chi connectivity index (χ3v) is 5.41. The number of nitrogens with zero attached hydrogens (tertiary/aromatic N) is 2. The third-order valence-electron chi connectivity index (χ3n) is 4.24. The van der Waals surface area contributed by atoms with E-state index in [4.69, 9.17) is 0 Å². The summed E-state index contributed by atoms with van der Waals surface area (Å²) in [5, 5.41) is 4.57. The molecule has 1 N–H and O–H groups in total. The van der Waals surface area contributed by atoms with Crippen LogP contribution < -0.4 is 5.32 Å². The number of nitrogens with one attached hydrogen (secondary N) is 1. The van der Waals surface area contributed by atoms with Gasteiger partial charge in [-0.2, -0.15) is 11.8 Å². The molecule has 0 spiro atoms. The van der Waals surface area contributed by atoms with E-state index in [1.54, 1.807) is 0 Å². The minimum Gasteiger partial charge on any atom is -0.330 e. The van der Waals surface area contributed by atoms with Gasteiger partial charge in [-0.25, -0.2) is 4.98 Å². The minimum atomic E-state index is 0.691. The van der Waals surface area contributed by atoms with Gasteiger partial charge in [-0.1, -0.05) is 12.8 Å². The van der Waals surface area contributed by atoms with Gasteiger partial charge in [-0.05, 0) is 31.9 Å². The number of thioether (sulfide) groups is 1. The Morgan fingerprint density at radius 2 is 2.17 bits per heavy atom. The van der Waals surface area contributed by atoms with E-state index in [0.717, 1.165) is 17.8 Å². The van der Waals surface area contributed by atoms with Crippen LogP contribution in [0.15, 0.2) is 12.5 Å². The Balaban J connectivity index is 1.57. The Kier molecular flexibility index (Phi) is 3.94. The molecule has 2 saturated carbocycles. The summed E-state index contributed by atoms with van der Waals surface area (Å²) in [6.45, 7) is 0.984. The molecule has 0 saturated heterocycles. The highest BCUT2D eigenvalue weighted by molar-refractivity contribution is 7.99. The first-order valence-corrected chi connectivity index (χ1v) is 8.44. The van der Waals surface area contributed by atoms with Crippen LogP contribution in [0, 0.1) is 0 Å². The molecule has 0 aromatic carbocycles. The van der Waals surface area contributed by atoms with Crippen molar-refractivity contribution in [2.45, 2.75) is 62.4 Å². The highest BCUT2D eigenvalue weighted by Crippen LogP contribution is 2.35. The molecule has 2 fully saturated rings. The lowest BCUT2D eigenvalue weighted by atomic mass is 9.95. The second-order valence-corrected chi connectivity index (χ2v) is 6.65. The first kappa shape index (κ1) is 12.5. The largest absolute Gasteiger partial charge is 0.330 e. The lowest BCUT2D eigenvalue weighted by Crippen LogP contribution is -2.40. The van der Waals surface area contributed by atoms with E-state index in [-0.39, 0.29) is 0 Å². The zero-order valence-corrected chi connectivity index (χ0v) is 12.0. The van der Waals surface area contributed by atoms with Gasteiger partial charge in [0.05, 0.1) is 12.0 Å². The van der Waals surface area contributed by atoms with Gasteiger partial charge in [0.1, 0.15) is 0 Å². The van der Waals surface area contributed by atoms with Gasteiger partial charge in [0.25, 0.3) is 0 Å². The Bertz CT molecular complexity index is 386. The fourth-order valence-electron chi connectivity index (χ4n) is 3.00. The lowest BCUT2D eigenvalue weighted by molar-refractivity contribution is 0.379. The molecule has 0 radical (unpaired) electrons. The van der Waals surface area contributed by atoms with E-state index in [1.165, 1.54) is 44.2 Å². The molecule has 0 aliphatic heterocycles. The number of imidazole rings is 1. The Morgan fingerprint density at radius 3 is 2.94 bits per heavy atom. The van der Waals surface area contributed by atoms with Crippen molar-refractivity contribution in [3.05, 3.63) is 18.2 Å². The molecule has 4 heteroatoms. The van der Waals surface area contributed by atoms with Gasteiger partial charge in [0.15, 0.2) is 0 Å². The summed E-state index contributed by atoms with van der Waals surface area (Å²) < 4.78 is 2.37. The van der Waals surface area contributed by atoms with Gasteiger partial charge in [-0.3, -0.25) is 0 Å². The fourth-order valence-corrected chi connectivity index (χ4v) is 3.96. The maximum atomic E-state index is 4.30. The number of hydrogen-bond donors (Lipinski definition) is 1. The summed E-state index contributed by atoms with van der Waals surface area (Å²) in [5.74, 6) is 0. The first-order valence-electron chi connectivity index (χ1n) is 7.15. The van der Waals surface area contributed by atoms with Crippen LogP contribution in [0.3, 0.4) is 0 Å². The summed E-state index contributed by atoms with van der Waals surface area (Å²) in [6.07, 6.45) is 14.5. The molecule has 3 nitrogen and oxygen atoms in total. The van der Waals surface area contributed by atoms with Crippen LogP contribution in [0.4, 0.5) is 0 Å². The summed E-state index contributed by atoms with van der Waals surface area (Å²) in [6, 6.07) is 1.43. The lowest BCUT2D eigenvalue weighted by Gasteiger charge is -2.31. The standard InChI is InChI=1S/C14H23N3S/c1-18-14-5-3-2-4-13(14)16-9-12-8-15-10-17(12)11-6-7-11/h8,10-11,13-14,16H,2-7,9H2,1H3. The Hall–Kier alpha value is -0.480. The molecular weight excluding hydrogens is 242 g/mol. The van der Waals surface area contributed by atoms with E-state index >= 15 is 0 Å². The van der Waals surface area contributed by atoms with Gasteiger partial charge in [0.2, 0.25) is 0 Å². The minimum absolute atomic E-state index is 0.691. The molecule has 1 heterocycles. The zero-order valence-electron chi connectivity index (χ0n) is 11.1. The Labute approximate surface area is 114 Å². The van der Waals surface area contributed by atoms with Crippen molar-refractivity contribution in [1.29, 1.82) is 0 Å². The van der Waals surface area contributed by atoms with Crippen LogP contribution in [-0.2, 0) is 6.54 Å². The number of rotatable bonds is 5. The normalized spacial score (nSPS) is 28.5. The van der Waals surface area contributed by atoms with Crippen molar-refractivity contribution in [3.63, 3.8) is 0 Å². The van der Waals surface area contributed by atoms with Crippen LogP contribution in [0.1, 0.15) is 50.3 Å². The second-order valence-electron chi connectivity index (χ2n) is 5.57. The van der Waals surface area contributed by atoms with Crippen molar-refractivity contribution in [2.75, 3.05) is 6.26 Å². The van der Waals surface area contributed by atoms with Gasteiger partial charge in [0, 0.05) is 30.1 Å². The molecule has 0 bridgehead atoms. The van der Waals surface area contributed by atoms with E-state index in [9.17, 15) is 0 Å². The van der Waals surface area contributed by atoms with Crippen LogP contribution in [0.25, 0.3) is 0 Å². The molecule has 2 unspecified atom stereocenters. The molecule has 100 valence electrons.